The standard InChI is InChI=1S/C28H47NO7S/c1-16(4-7-25(33)29-11-9-19(15-29)37(34,35)36)20-5-6-21-26-22(14-24(32)28(20,21)3)27(2)10-8-18(30)12-17(27)13-23(26)31/h16-24,26,30-32H,4-15H2,1-3H3,(H,34,35,36). The van der Waals surface area contributed by atoms with Crippen LogP contribution in [0.25, 0.3) is 0 Å². The molecule has 0 aromatic heterocycles. The maximum Gasteiger partial charge on any atom is 0.269 e. The summed E-state index contributed by atoms with van der Waals surface area (Å²) in [5.74, 6) is 1.41. The highest BCUT2D eigenvalue weighted by atomic mass is 32.2. The topological polar surface area (TPSA) is 135 Å². The molecular weight excluding hydrogens is 494 g/mol. The van der Waals surface area contributed by atoms with Crippen molar-refractivity contribution in [3.63, 3.8) is 0 Å². The van der Waals surface area contributed by atoms with E-state index in [-0.39, 0.29) is 65.4 Å². The van der Waals surface area contributed by atoms with E-state index in [9.17, 15) is 33.1 Å². The Balaban J connectivity index is 1.26. The molecule has 5 aliphatic rings. The molecule has 1 saturated heterocycles. The molecule has 5 fully saturated rings. The van der Waals surface area contributed by atoms with Crippen LogP contribution in [0, 0.1) is 46.3 Å². The maximum atomic E-state index is 12.8. The molecule has 12 unspecified atom stereocenters. The van der Waals surface area contributed by atoms with Gasteiger partial charge >= 0.3 is 0 Å². The van der Waals surface area contributed by atoms with Gasteiger partial charge in [-0.05, 0) is 104 Å². The zero-order valence-corrected chi connectivity index (χ0v) is 23.4. The number of fused-ring (bicyclic) bond motifs is 5. The van der Waals surface area contributed by atoms with Gasteiger partial charge in [0.2, 0.25) is 5.91 Å². The third-order valence-electron chi connectivity index (χ3n) is 12.3. The van der Waals surface area contributed by atoms with Gasteiger partial charge in [-0.3, -0.25) is 9.35 Å². The Morgan fingerprint density at radius 3 is 2.43 bits per heavy atom. The van der Waals surface area contributed by atoms with E-state index < -0.39 is 27.6 Å². The first-order valence-electron chi connectivity index (χ1n) is 14.5. The fraction of sp³-hybridized carbons (Fsp3) is 0.964. The molecule has 37 heavy (non-hydrogen) atoms. The quantitative estimate of drug-likeness (QED) is 0.393. The van der Waals surface area contributed by atoms with Crippen molar-refractivity contribution < 1.29 is 33.1 Å². The molecule has 9 heteroatoms. The molecule has 0 radical (unpaired) electrons. The Morgan fingerprint density at radius 1 is 1.03 bits per heavy atom. The van der Waals surface area contributed by atoms with Crippen molar-refractivity contribution in [1.29, 1.82) is 0 Å². The summed E-state index contributed by atoms with van der Waals surface area (Å²) >= 11 is 0. The molecule has 212 valence electrons. The number of likely N-dealkylation sites (tertiary alicyclic amines) is 1. The summed E-state index contributed by atoms with van der Waals surface area (Å²) in [7, 11) is -4.12. The van der Waals surface area contributed by atoms with Gasteiger partial charge in [-0.25, -0.2) is 0 Å². The molecule has 1 heterocycles. The van der Waals surface area contributed by atoms with E-state index in [1.54, 1.807) is 4.90 Å². The van der Waals surface area contributed by atoms with Gasteiger partial charge in [0.25, 0.3) is 10.1 Å². The Hall–Kier alpha value is -0.740. The lowest BCUT2D eigenvalue weighted by Gasteiger charge is -2.63. The van der Waals surface area contributed by atoms with Gasteiger partial charge in [0.05, 0.1) is 18.3 Å². The first-order valence-corrected chi connectivity index (χ1v) is 16.0. The van der Waals surface area contributed by atoms with Gasteiger partial charge in [0.1, 0.15) is 5.25 Å². The number of nitrogens with zero attached hydrogens (tertiary/aromatic N) is 1. The highest BCUT2D eigenvalue weighted by molar-refractivity contribution is 7.86. The summed E-state index contributed by atoms with van der Waals surface area (Å²) in [6.07, 6.45) is 6.10. The number of aliphatic hydroxyl groups is 3. The van der Waals surface area contributed by atoms with Crippen molar-refractivity contribution in [1.82, 2.24) is 4.90 Å². The maximum absolute atomic E-state index is 12.8. The summed E-state index contributed by atoms with van der Waals surface area (Å²) in [4.78, 5) is 14.4. The van der Waals surface area contributed by atoms with E-state index in [2.05, 4.69) is 20.8 Å². The number of hydrogen-bond donors (Lipinski definition) is 4. The molecule has 4 aliphatic carbocycles. The molecule has 0 aromatic rings. The number of hydrogen-bond acceptors (Lipinski definition) is 6. The largest absolute Gasteiger partial charge is 0.393 e. The average molecular weight is 542 g/mol. The van der Waals surface area contributed by atoms with Gasteiger partial charge in [0.15, 0.2) is 0 Å². The van der Waals surface area contributed by atoms with Crippen molar-refractivity contribution in [3.8, 4) is 0 Å². The van der Waals surface area contributed by atoms with Crippen molar-refractivity contribution in [3.05, 3.63) is 0 Å². The van der Waals surface area contributed by atoms with Gasteiger partial charge in [-0.2, -0.15) is 8.42 Å². The van der Waals surface area contributed by atoms with E-state index in [0.29, 0.717) is 31.7 Å². The van der Waals surface area contributed by atoms with E-state index in [1.807, 2.05) is 0 Å². The second-order valence-electron chi connectivity index (χ2n) is 13.8. The van der Waals surface area contributed by atoms with Crippen LogP contribution in [0.2, 0.25) is 0 Å². The van der Waals surface area contributed by atoms with Crippen molar-refractivity contribution in [2.24, 2.45) is 46.3 Å². The summed E-state index contributed by atoms with van der Waals surface area (Å²) < 4.78 is 32.2. The summed E-state index contributed by atoms with van der Waals surface area (Å²) in [5.41, 5.74) is -0.247. The first kappa shape index (κ1) is 27.8. The van der Waals surface area contributed by atoms with E-state index in [4.69, 9.17) is 0 Å². The number of amides is 1. The average Bonchev–Trinajstić information content (AvgIpc) is 3.45. The lowest BCUT2D eigenvalue weighted by Crippen LogP contribution is -2.62. The van der Waals surface area contributed by atoms with Crippen LogP contribution in [-0.4, -0.2) is 75.7 Å². The van der Waals surface area contributed by atoms with Gasteiger partial charge in [-0.1, -0.05) is 20.8 Å². The third kappa shape index (κ3) is 4.58. The summed E-state index contributed by atoms with van der Waals surface area (Å²) in [6.45, 7) is 7.15. The lowest BCUT2D eigenvalue weighted by molar-refractivity contribution is -0.207. The number of carbonyl (C=O) groups excluding carboxylic acids is 1. The van der Waals surface area contributed by atoms with Gasteiger partial charge in [-0.15, -0.1) is 0 Å². The van der Waals surface area contributed by atoms with Crippen molar-refractivity contribution in [2.45, 2.75) is 109 Å². The molecular formula is C28H47NO7S. The minimum atomic E-state index is -4.12. The van der Waals surface area contributed by atoms with E-state index in [0.717, 1.165) is 38.5 Å². The monoisotopic (exact) mass is 541 g/mol. The van der Waals surface area contributed by atoms with Crippen LogP contribution >= 0.6 is 0 Å². The number of aliphatic hydroxyl groups excluding tert-OH is 3. The second-order valence-corrected chi connectivity index (χ2v) is 15.5. The molecule has 4 N–H and O–H groups in total. The highest BCUT2D eigenvalue weighted by Gasteiger charge is 2.65. The van der Waals surface area contributed by atoms with Gasteiger partial charge in [0, 0.05) is 19.5 Å². The second kappa shape index (κ2) is 9.72. The van der Waals surface area contributed by atoms with Crippen molar-refractivity contribution in [2.75, 3.05) is 13.1 Å². The van der Waals surface area contributed by atoms with Crippen LogP contribution in [-0.2, 0) is 14.9 Å². The predicted octanol–water partition coefficient (Wildman–Crippen LogP) is 2.85. The fourth-order valence-electron chi connectivity index (χ4n) is 10.0. The first-order chi connectivity index (χ1) is 17.3. The number of carbonyl (C=O) groups is 1. The zero-order valence-electron chi connectivity index (χ0n) is 22.6. The van der Waals surface area contributed by atoms with Crippen LogP contribution in [0.4, 0.5) is 0 Å². The van der Waals surface area contributed by atoms with Gasteiger partial charge < -0.3 is 20.2 Å². The Bertz CT molecular complexity index is 989. The predicted molar refractivity (Wildman–Crippen MR) is 139 cm³/mol. The molecule has 0 spiro atoms. The Labute approximate surface area is 221 Å². The van der Waals surface area contributed by atoms with E-state index >= 15 is 0 Å². The van der Waals surface area contributed by atoms with Crippen LogP contribution < -0.4 is 0 Å². The summed E-state index contributed by atoms with van der Waals surface area (Å²) in [5, 5.41) is 32.5. The SMILES string of the molecule is CC(CCC(=O)N1CCC(S(=O)(=O)O)C1)C1CCC2C3C(O)CC4CC(O)CCC4(C)C3CC(O)C12C. The third-order valence-corrected chi connectivity index (χ3v) is 13.5. The molecule has 12 atom stereocenters. The lowest BCUT2D eigenvalue weighted by atomic mass is 9.43. The van der Waals surface area contributed by atoms with Crippen LogP contribution in [0.3, 0.4) is 0 Å². The fourth-order valence-corrected chi connectivity index (χ4v) is 10.8. The molecule has 4 saturated carbocycles. The normalized spacial score (nSPS) is 48.7. The molecule has 1 amide bonds. The van der Waals surface area contributed by atoms with Crippen molar-refractivity contribution >= 4 is 16.0 Å². The summed E-state index contributed by atoms with van der Waals surface area (Å²) in [6, 6.07) is 0. The molecule has 0 aromatic carbocycles. The van der Waals surface area contributed by atoms with Crippen LogP contribution in [0.1, 0.15) is 85.0 Å². The smallest absolute Gasteiger partial charge is 0.269 e. The molecule has 8 nitrogen and oxygen atoms in total. The minimum Gasteiger partial charge on any atom is -0.393 e. The van der Waals surface area contributed by atoms with Crippen LogP contribution in [0.5, 0.6) is 0 Å². The number of rotatable bonds is 5. The van der Waals surface area contributed by atoms with E-state index in [1.165, 1.54) is 0 Å². The zero-order chi connectivity index (χ0) is 26.9. The molecule has 5 rings (SSSR count). The Kier molecular flexibility index (Phi) is 7.30. The minimum absolute atomic E-state index is 0.0528. The molecule has 0 bridgehead atoms. The Morgan fingerprint density at radius 2 is 1.76 bits per heavy atom. The molecule has 1 aliphatic heterocycles. The highest BCUT2D eigenvalue weighted by Crippen LogP contribution is 2.68. The van der Waals surface area contributed by atoms with Crippen LogP contribution in [0.15, 0.2) is 0 Å².